The van der Waals surface area contributed by atoms with E-state index in [1.54, 1.807) is 0 Å². The van der Waals surface area contributed by atoms with Crippen molar-refractivity contribution in [2.75, 3.05) is 26.7 Å². The average molecular weight is 313 g/mol. The van der Waals surface area contributed by atoms with Crippen LogP contribution in [0, 0.1) is 0 Å². The van der Waals surface area contributed by atoms with Gasteiger partial charge in [0.15, 0.2) is 0 Å². The van der Waals surface area contributed by atoms with E-state index in [9.17, 15) is 4.79 Å². The number of aromatic nitrogens is 1. The monoisotopic (exact) mass is 313 g/mol. The Balaban J connectivity index is 1.57. The molecule has 122 valence electrons. The third kappa shape index (κ3) is 2.93. The summed E-state index contributed by atoms with van der Waals surface area (Å²) in [7, 11) is 2.20. The largest absolute Gasteiger partial charge is 0.447 e. The van der Waals surface area contributed by atoms with Crippen molar-refractivity contribution in [3.05, 3.63) is 35.5 Å². The molecule has 0 aliphatic carbocycles. The summed E-state index contributed by atoms with van der Waals surface area (Å²) in [5.74, 6) is 0.643. The van der Waals surface area contributed by atoms with E-state index in [2.05, 4.69) is 46.6 Å². The van der Waals surface area contributed by atoms with Crippen LogP contribution in [-0.4, -0.2) is 48.8 Å². The smallest absolute Gasteiger partial charge is 0.407 e. The molecule has 23 heavy (non-hydrogen) atoms. The van der Waals surface area contributed by atoms with Gasteiger partial charge in [0.2, 0.25) is 0 Å². The van der Waals surface area contributed by atoms with Crippen molar-refractivity contribution in [2.45, 2.75) is 31.2 Å². The Kier molecular flexibility index (Phi) is 3.73. The maximum absolute atomic E-state index is 11.2. The standard InChI is InChI=1S/C18H23N3O2/c1-21-6-4-13(5-7-21)16-10-19-17-3-2-12(9-15(16)17)8-14-11-23-18(22)20-14/h2-3,9-10,13-14,19H,4-8,11H2,1H3,(H,20,22)/t14-/m0/s1. The van der Waals surface area contributed by atoms with Gasteiger partial charge >= 0.3 is 6.09 Å². The van der Waals surface area contributed by atoms with Gasteiger partial charge in [0, 0.05) is 17.1 Å². The Bertz CT molecular complexity index is 716. The van der Waals surface area contributed by atoms with Crippen LogP contribution in [0.5, 0.6) is 0 Å². The molecule has 0 unspecified atom stereocenters. The number of rotatable bonds is 3. The number of carbonyl (C=O) groups is 1. The molecule has 0 spiro atoms. The summed E-state index contributed by atoms with van der Waals surface area (Å²) in [6.07, 6.45) is 5.15. The predicted octanol–water partition coefficient (Wildman–Crippen LogP) is 2.63. The number of nitrogens with zero attached hydrogens (tertiary/aromatic N) is 1. The minimum atomic E-state index is -0.301. The minimum absolute atomic E-state index is 0.0886. The number of H-pyrrole nitrogens is 1. The van der Waals surface area contributed by atoms with Crippen molar-refractivity contribution in [2.24, 2.45) is 0 Å². The number of amides is 1. The Hall–Kier alpha value is -2.01. The molecule has 2 aromatic rings. The molecular formula is C18H23N3O2. The normalized spacial score (nSPS) is 23.2. The van der Waals surface area contributed by atoms with Gasteiger partial charge in [-0.15, -0.1) is 0 Å². The van der Waals surface area contributed by atoms with Gasteiger partial charge in [-0.2, -0.15) is 0 Å². The second kappa shape index (κ2) is 5.89. The highest BCUT2D eigenvalue weighted by molar-refractivity contribution is 5.84. The highest BCUT2D eigenvalue weighted by Gasteiger charge is 2.24. The molecule has 1 aromatic heterocycles. The number of fused-ring (bicyclic) bond motifs is 1. The molecule has 2 saturated heterocycles. The number of cyclic esters (lactones) is 1. The fourth-order valence-corrected chi connectivity index (χ4v) is 3.79. The lowest BCUT2D eigenvalue weighted by Gasteiger charge is -2.28. The Morgan fingerprint density at radius 2 is 2.13 bits per heavy atom. The van der Waals surface area contributed by atoms with Gasteiger partial charge < -0.3 is 19.9 Å². The van der Waals surface area contributed by atoms with Gasteiger partial charge in [0.05, 0.1) is 6.04 Å². The Morgan fingerprint density at radius 1 is 1.30 bits per heavy atom. The number of aromatic amines is 1. The number of carbonyl (C=O) groups excluding carboxylic acids is 1. The maximum atomic E-state index is 11.2. The van der Waals surface area contributed by atoms with Crippen molar-refractivity contribution in [1.29, 1.82) is 0 Å². The minimum Gasteiger partial charge on any atom is -0.447 e. The van der Waals surface area contributed by atoms with Crippen LogP contribution in [0.25, 0.3) is 10.9 Å². The predicted molar refractivity (Wildman–Crippen MR) is 89.7 cm³/mol. The number of likely N-dealkylation sites (tertiary alicyclic amines) is 1. The van der Waals surface area contributed by atoms with Crippen LogP contribution in [0.3, 0.4) is 0 Å². The van der Waals surface area contributed by atoms with Gasteiger partial charge in [-0.05, 0) is 68.6 Å². The summed E-state index contributed by atoms with van der Waals surface area (Å²) in [5, 5.41) is 4.19. The number of piperidine rings is 1. The van der Waals surface area contributed by atoms with E-state index in [0.29, 0.717) is 12.5 Å². The fraction of sp³-hybridized carbons (Fsp3) is 0.500. The maximum Gasteiger partial charge on any atom is 0.407 e. The van der Waals surface area contributed by atoms with Crippen molar-refractivity contribution in [3.8, 4) is 0 Å². The van der Waals surface area contributed by atoms with Crippen molar-refractivity contribution >= 4 is 17.0 Å². The van der Waals surface area contributed by atoms with Crippen LogP contribution < -0.4 is 5.32 Å². The molecule has 2 aliphatic rings. The third-order valence-electron chi connectivity index (χ3n) is 5.16. The topological polar surface area (TPSA) is 57.4 Å². The van der Waals surface area contributed by atoms with E-state index in [1.807, 2.05) is 0 Å². The molecular weight excluding hydrogens is 290 g/mol. The van der Waals surface area contributed by atoms with Crippen LogP contribution in [-0.2, 0) is 11.2 Å². The van der Waals surface area contributed by atoms with E-state index in [-0.39, 0.29) is 12.1 Å². The van der Waals surface area contributed by atoms with E-state index in [0.717, 1.165) is 6.42 Å². The van der Waals surface area contributed by atoms with E-state index in [1.165, 1.54) is 48.0 Å². The second-order valence-electron chi connectivity index (χ2n) is 6.85. The fourth-order valence-electron chi connectivity index (χ4n) is 3.79. The molecule has 1 aromatic carbocycles. The molecule has 2 fully saturated rings. The summed E-state index contributed by atoms with van der Waals surface area (Å²) in [4.78, 5) is 17.0. The second-order valence-corrected chi connectivity index (χ2v) is 6.85. The number of hydrogen-bond donors (Lipinski definition) is 2. The lowest BCUT2D eigenvalue weighted by molar-refractivity contribution is 0.177. The highest BCUT2D eigenvalue weighted by Crippen LogP contribution is 2.33. The van der Waals surface area contributed by atoms with Crippen LogP contribution in [0.1, 0.15) is 29.9 Å². The van der Waals surface area contributed by atoms with Crippen LogP contribution in [0.2, 0.25) is 0 Å². The first-order chi connectivity index (χ1) is 11.2. The molecule has 4 rings (SSSR count). The molecule has 2 N–H and O–H groups in total. The van der Waals surface area contributed by atoms with E-state index in [4.69, 9.17) is 4.74 Å². The third-order valence-corrected chi connectivity index (χ3v) is 5.16. The van der Waals surface area contributed by atoms with Crippen molar-refractivity contribution in [1.82, 2.24) is 15.2 Å². The summed E-state index contributed by atoms with van der Waals surface area (Å²) < 4.78 is 4.98. The lowest BCUT2D eigenvalue weighted by Crippen LogP contribution is -2.29. The van der Waals surface area contributed by atoms with Gasteiger partial charge in [-0.25, -0.2) is 4.79 Å². The highest BCUT2D eigenvalue weighted by atomic mass is 16.6. The van der Waals surface area contributed by atoms with Crippen molar-refractivity contribution < 1.29 is 9.53 Å². The van der Waals surface area contributed by atoms with Crippen molar-refractivity contribution in [3.63, 3.8) is 0 Å². The molecule has 0 bridgehead atoms. The molecule has 5 heteroatoms. The first kappa shape index (κ1) is 14.6. The average Bonchev–Trinajstić information content (AvgIpc) is 3.14. The van der Waals surface area contributed by atoms with Gasteiger partial charge in [0.1, 0.15) is 6.61 Å². The van der Waals surface area contributed by atoms with E-state index >= 15 is 0 Å². The first-order valence-electron chi connectivity index (χ1n) is 8.41. The molecule has 1 atom stereocenters. The molecule has 0 radical (unpaired) electrons. The van der Waals surface area contributed by atoms with Crippen LogP contribution in [0.4, 0.5) is 4.79 Å². The summed E-state index contributed by atoms with van der Waals surface area (Å²) in [5.41, 5.74) is 3.90. The van der Waals surface area contributed by atoms with Gasteiger partial charge in [-0.1, -0.05) is 6.07 Å². The summed E-state index contributed by atoms with van der Waals surface area (Å²) in [6.45, 7) is 2.80. The molecule has 0 saturated carbocycles. The quantitative estimate of drug-likeness (QED) is 0.916. The number of nitrogens with one attached hydrogen (secondary N) is 2. The lowest BCUT2D eigenvalue weighted by atomic mass is 9.89. The zero-order valence-electron chi connectivity index (χ0n) is 13.5. The van der Waals surface area contributed by atoms with E-state index < -0.39 is 0 Å². The van der Waals surface area contributed by atoms with Gasteiger partial charge in [-0.3, -0.25) is 0 Å². The molecule has 3 heterocycles. The number of benzene rings is 1. The number of ether oxygens (including phenoxy) is 1. The molecule has 1 amide bonds. The molecule has 5 nitrogen and oxygen atoms in total. The zero-order valence-corrected chi connectivity index (χ0v) is 13.5. The van der Waals surface area contributed by atoms with Crippen LogP contribution in [0.15, 0.2) is 24.4 Å². The first-order valence-corrected chi connectivity index (χ1v) is 8.41. The van der Waals surface area contributed by atoms with Crippen LogP contribution >= 0.6 is 0 Å². The Labute approximate surface area is 136 Å². The SMILES string of the molecule is CN1CCC(c2c[nH]c3ccc(C[C@H]4COC(=O)N4)cc23)CC1. The number of alkyl carbamates (subject to hydrolysis) is 1. The Morgan fingerprint density at radius 3 is 2.87 bits per heavy atom. The summed E-state index contributed by atoms with van der Waals surface area (Å²) >= 11 is 0. The zero-order chi connectivity index (χ0) is 15.8. The number of hydrogen-bond acceptors (Lipinski definition) is 3. The molecule has 2 aliphatic heterocycles. The summed E-state index contributed by atoms with van der Waals surface area (Å²) in [6, 6.07) is 6.66. The van der Waals surface area contributed by atoms with Gasteiger partial charge in [0.25, 0.3) is 0 Å².